The summed E-state index contributed by atoms with van der Waals surface area (Å²) in [6.07, 6.45) is 0. The molecule has 0 saturated heterocycles. The Bertz CT molecular complexity index is 4260. The van der Waals surface area contributed by atoms with Gasteiger partial charge in [-0.25, -0.2) is 0 Å². The van der Waals surface area contributed by atoms with Crippen molar-refractivity contribution < 1.29 is 0 Å². The van der Waals surface area contributed by atoms with Crippen LogP contribution in [0.3, 0.4) is 0 Å². The summed E-state index contributed by atoms with van der Waals surface area (Å²) in [7, 11) is 0. The minimum atomic E-state index is 1.09. The van der Waals surface area contributed by atoms with E-state index < -0.39 is 0 Å². The molecule has 12 aromatic carbocycles. The van der Waals surface area contributed by atoms with E-state index in [1.807, 2.05) is 11.3 Å². The highest BCUT2D eigenvalue weighted by Crippen LogP contribution is 2.49. The lowest BCUT2D eigenvalue weighted by molar-refractivity contribution is 1.18. The molecule has 0 aliphatic rings. The molecule has 14 rings (SSSR count). The number of anilines is 3. The average Bonchev–Trinajstić information content (AvgIpc) is 3.98. The second kappa shape index (κ2) is 16.0. The van der Waals surface area contributed by atoms with Gasteiger partial charge in [-0.15, -0.1) is 11.3 Å². The molecule has 2 nitrogen and oxygen atoms in total. The van der Waals surface area contributed by atoms with Crippen molar-refractivity contribution in [3.63, 3.8) is 0 Å². The first kappa shape index (κ1) is 39.4. The van der Waals surface area contributed by atoms with Crippen molar-refractivity contribution in [2.24, 2.45) is 0 Å². The Morgan fingerprint density at radius 3 is 1.61 bits per heavy atom. The van der Waals surface area contributed by atoms with E-state index in [2.05, 4.69) is 264 Å². The molecule has 69 heavy (non-hydrogen) atoms. The van der Waals surface area contributed by atoms with Crippen LogP contribution in [0, 0.1) is 0 Å². The molecular formula is C66H42N2S. The third-order valence-corrected chi connectivity index (χ3v) is 15.4. The van der Waals surface area contributed by atoms with Crippen molar-refractivity contribution in [1.29, 1.82) is 0 Å². The lowest BCUT2D eigenvalue weighted by atomic mass is 9.93. The van der Waals surface area contributed by atoms with Gasteiger partial charge in [-0.05, 0) is 121 Å². The summed E-state index contributed by atoms with van der Waals surface area (Å²) in [5, 5.41) is 12.7. The maximum absolute atomic E-state index is 2.50. The van der Waals surface area contributed by atoms with E-state index in [4.69, 9.17) is 0 Å². The Labute approximate surface area is 403 Å². The van der Waals surface area contributed by atoms with E-state index >= 15 is 0 Å². The fourth-order valence-electron chi connectivity index (χ4n) is 10.9. The highest BCUT2D eigenvalue weighted by molar-refractivity contribution is 7.27. The van der Waals surface area contributed by atoms with Gasteiger partial charge in [0.1, 0.15) is 0 Å². The van der Waals surface area contributed by atoms with Crippen LogP contribution in [0.25, 0.3) is 113 Å². The lowest BCUT2D eigenvalue weighted by Crippen LogP contribution is -2.11. The summed E-state index contributed by atoms with van der Waals surface area (Å²) >= 11 is 1.90. The van der Waals surface area contributed by atoms with Crippen molar-refractivity contribution in [2.45, 2.75) is 0 Å². The van der Waals surface area contributed by atoms with Crippen LogP contribution >= 0.6 is 11.3 Å². The Morgan fingerprint density at radius 2 is 0.826 bits per heavy atom. The van der Waals surface area contributed by atoms with Gasteiger partial charge in [0.2, 0.25) is 0 Å². The number of rotatable bonds is 7. The highest BCUT2D eigenvalue weighted by atomic mass is 32.1. The number of benzene rings is 12. The van der Waals surface area contributed by atoms with Crippen LogP contribution in [0.15, 0.2) is 255 Å². The Balaban J connectivity index is 0.957. The molecule has 0 atom stereocenters. The molecule has 0 spiro atoms. The summed E-state index contributed by atoms with van der Waals surface area (Å²) < 4.78 is 4.97. The molecule has 0 fully saturated rings. The summed E-state index contributed by atoms with van der Waals surface area (Å²) in [4.78, 5) is 2.50. The summed E-state index contributed by atoms with van der Waals surface area (Å²) in [6.45, 7) is 0. The van der Waals surface area contributed by atoms with E-state index in [9.17, 15) is 0 Å². The number of fused-ring (bicyclic) bond motifs is 11. The number of nitrogens with zero attached hydrogens (tertiary/aromatic N) is 2. The maximum atomic E-state index is 2.50. The Kier molecular flexibility index (Phi) is 9.11. The predicted octanol–water partition coefficient (Wildman–Crippen LogP) is 19.1. The summed E-state index contributed by atoms with van der Waals surface area (Å²) in [6, 6.07) is 93.8. The first-order valence-corrected chi connectivity index (χ1v) is 24.5. The van der Waals surface area contributed by atoms with Crippen molar-refractivity contribution in [3.05, 3.63) is 255 Å². The van der Waals surface area contributed by atoms with Crippen LogP contribution in [0.4, 0.5) is 17.1 Å². The number of hydrogen-bond acceptors (Lipinski definition) is 2. The monoisotopic (exact) mass is 894 g/mol. The fraction of sp³-hybridized carbons (Fsp3) is 0. The fourth-order valence-corrected chi connectivity index (χ4v) is 12.2. The molecule has 0 aliphatic carbocycles. The molecule has 0 saturated carbocycles. The van der Waals surface area contributed by atoms with E-state index in [0.717, 1.165) is 33.9 Å². The molecule has 0 bridgehead atoms. The van der Waals surface area contributed by atoms with Gasteiger partial charge in [-0.1, -0.05) is 194 Å². The van der Waals surface area contributed by atoms with Crippen molar-refractivity contribution in [2.75, 3.05) is 4.90 Å². The SMILES string of the molecule is c1ccc(-c2cc(-c3ccc4ccc5ccccc5c4c3)ccc2N(c2ccc(-c3cccc(-n4c5ccccc5c5ccccc54)c3)cc2)c2cccc3c2sc2c4ccccc4ccc32)cc1. The zero-order chi connectivity index (χ0) is 45.4. The molecule has 0 aliphatic heterocycles. The second-order valence-corrected chi connectivity index (χ2v) is 19.1. The van der Waals surface area contributed by atoms with Crippen molar-refractivity contribution in [1.82, 2.24) is 4.57 Å². The molecule has 2 aromatic heterocycles. The first-order valence-electron chi connectivity index (χ1n) is 23.7. The van der Waals surface area contributed by atoms with Gasteiger partial charge in [0, 0.05) is 43.2 Å². The number of aromatic nitrogens is 1. The number of para-hydroxylation sites is 2. The Morgan fingerprint density at radius 1 is 0.290 bits per heavy atom. The molecule has 0 unspecified atom stereocenters. The smallest absolute Gasteiger partial charge is 0.0640 e. The lowest BCUT2D eigenvalue weighted by Gasteiger charge is -2.29. The molecule has 0 amide bonds. The third kappa shape index (κ3) is 6.47. The van der Waals surface area contributed by atoms with Gasteiger partial charge in [0.25, 0.3) is 0 Å². The number of thiophene rings is 1. The average molecular weight is 895 g/mol. The summed E-state index contributed by atoms with van der Waals surface area (Å²) in [5.74, 6) is 0. The quantitative estimate of drug-likeness (QED) is 0.145. The van der Waals surface area contributed by atoms with Crippen molar-refractivity contribution >= 4 is 103 Å². The predicted molar refractivity (Wildman–Crippen MR) is 297 cm³/mol. The van der Waals surface area contributed by atoms with Crippen LogP contribution in [0.5, 0.6) is 0 Å². The second-order valence-electron chi connectivity index (χ2n) is 18.0. The van der Waals surface area contributed by atoms with Gasteiger partial charge in [0.05, 0.1) is 27.1 Å². The minimum absolute atomic E-state index is 1.09. The third-order valence-electron chi connectivity index (χ3n) is 14.2. The van der Waals surface area contributed by atoms with Crippen LogP contribution in [-0.4, -0.2) is 4.57 Å². The first-order chi connectivity index (χ1) is 34.2. The van der Waals surface area contributed by atoms with Gasteiger partial charge in [-0.2, -0.15) is 0 Å². The largest absolute Gasteiger partial charge is 0.309 e. The standard InChI is InChI=1S/C66H42N2S/c1-2-14-44(15-3-1)60-42-50(49-31-30-47-29-28-45-16-4-6-20-53(45)59(47)41-49)35-39-63(60)67(64-27-13-24-57-58-38-34-46-17-5-7-21-54(46)65(58)69-66(57)64)51-36-32-43(33-37-51)48-18-12-19-52(40-48)68-61-25-10-8-22-55(61)56-23-9-11-26-62(56)68/h1-42H. The van der Waals surface area contributed by atoms with E-state index in [1.54, 1.807) is 0 Å². The van der Waals surface area contributed by atoms with E-state index in [0.29, 0.717) is 0 Å². The van der Waals surface area contributed by atoms with E-state index in [1.165, 1.54) is 96.5 Å². The zero-order valence-corrected chi connectivity index (χ0v) is 38.4. The molecule has 3 heteroatoms. The van der Waals surface area contributed by atoms with E-state index in [-0.39, 0.29) is 0 Å². The van der Waals surface area contributed by atoms with Crippen LogP contribution in [0.1, 0.15) is 0 Å². The molecule has 322 valence electrons. The topological polar surface area (TPSA) is 8.17 Å². The van der Waals surface area contributed by atoms with Crippen LogP contribution in [0.2, 0.25) is 0 Å². The van der Waals surface area contributed by atoms with Gasteiger partial charge < -0.3 is 9.47 Å². The molecule has 0 radical (unpaired) electrons. The highest BCUT2D eigenvalue weighted by Gasteiger charge is 2.23. The number of hydrogen-bond donors (Lipinski definition) is 0. The molecular weight excluding hydrogens is 853 g/mol. The molecule has 2 heterocycles. The minimum Gasteiger partial charge on any atom is -0.309 e. The molecule has 0 N–H and O–H groups in total. The van der Waals surface area contributed by atoms with Gasteiger partial charge in [0.15, 0.2) is 0 Å². The zero-order valence-electron chi connectivity index (χ0n) is 37.6. The van der Waals surface area contributed by atoms with Crippen LogP contribution in [-0.2, 0) is 0 Å². The molecule has 14 aromatic rings. The van der Waals surface area contributed by atoms with Gasteiger partial charge >= 0.3 is 0 Å². The van der Waals surface area contributed by atoms with Gasteiger partial charge in [-0.3, -0.25) is 0 Å². The maximum Gasteiger partial charge on any atom is 0.0640 e. The Hall–Kier alpha value is -8.76. The summed E-state index contributed by atoms with van der Waals surface area (Å²) in [5.41, 5.74) is 14.0. The van der Waals surface area contributed by atoms with Crippen molar-refractivity contribution in [3.8, 4) is 39.1 Å². The normalized spacial score (nSPS) is 11.8. The van der Waals surface area contributed by atoms with Crippen LogP contribution < -0.4 is 4.90 Å².